The van der Waals surface area contributed by atoms with E-state index in [1.165, 1.54) is 0 Å². The maximum absolute atomic E-state index is 12.4. The number of pyridine rings is 1. The SMILES string of the molecule is CCCNc1cc(C(=O)NC(CCC)COC)cc(C)n1. The lowest BCUT2D eigenvalue weighted by Crippen LogP contribution is -2.38. The molecule has 0 fully saturated rings. The second kappa shape index (κ2) is 9.34. The van der Waals surface area contributed by atoms with Gasteiger partial charge in [0.25, 0.3) is 5.91 Å². The van der Waals surface area contributed by atoms with Gasteiger partial charge in [-0.2, -0.15) is 0 Å². The van der Waals surface area contributed by atoms with Crippen LogP contribution in [0.5, 0.6) is 0 Å². The van der Waals surface area contributed by atoms with E-state index in [0.29, 0.717) is 12.2 Å². The van der Waals surface area contributed by atoms with Crippen molar-refractivity contribution in [1.29, 1.82) is 0 Å². The highest BCUT2D eigenvalue weighted by Crippen LogP contribution is 2.11. The van der Waals surface area contributed by atoms with Crippen molar-refractivity contribution in [3.8, 4) is 0 Å². The highest BCUT2D eigenvalue weighted by atomic mass is 16.5. The smallest absolute Gasteiger partial charge is 0.251 e. The molecule has 5 nitrogen and oxygen atoms in total. The van der Waals surface area contributed by atoms with Crippen LogP contribution in [0.25, 0.3) is 0 Å². The number of hydrogen-bond donors (Lipinski definition) is 2. The Labute approximate surface area is 127 Å². The van der Waals surface area contributed by atoms with Gasteiger partial charge < -0.3 is 15.4 Å². The average Bonchev–Trinajstić information content (AvgIpc) is 2.45. The lowest BCUT2D eigenvalue weighted by atomic mass is 10.1. The number of aromatic nitrogens is 1. The molecule has 1 aromatic rings. The van der Waals surface area contributed by atoms with E-state index in [1.54, 1.807) is 13.2 Å². The van der Waals surface area contributed by atoms with E-state index in [1.807, 2.05) is 13.0 Å². The van der Waals surface area contributed by atoms with Crippen LogP contribution in [0.15, 0.2) is 12.1 Å². The zero-order valence-electron chi connectivity index (χ0n) is 13.5. The van der Waals surface area contributed by atoms with Gasteiger partial charge >= 0.3 is 0 Å². The predicted molar refractivity (Wildman–Crippen MR) is 85.8 cm³/mol. The monoisotopic (exact) mass is 293 g/mol. The van der Waals surface area contributed by atoms with E-state index >= 15 is 0 Å². The normalized spacial score (nSPS) is 12.0. The van der Waals surface area contributed by atoms with Crippen LogP contribution in [-0.2, 0) is 4.74 Å². The van der Waals surface area contributed by atoms with Gasteiger partial charge in [-0.25, -0.2) is 4.98 Å². The standard InChI is InChI=1S/C16H27N3O2/c1-5-7-14(11-21-4)19-16(20)13-9-12(3)18-15(10-13)17-8-6-2/h9-10,14H,5-8,11H2,1-4H3,(H,17,18)(H,19,20). The van der Waals surface area contributed by atoms with E-state index in [2.05, 4.69) is 29.5 Å². The van der Waals surface area contributed by atoms with Crippen LogP contribution in [0.1, 0.15) is 49.2 Å². The quantitative estimate of drug-likeness (QED) is 0.735. The number of carbonyl (C=O) groups is 1. The number of rotatable bonds is 9. The van der Waals surface area contributed by atoms with Crippen molar-refractivity contribution in [2.75, 3.05) is 25.6 Å². The van der Waals surface area contributed by atoms with E-state index in [0.717, 1.165) is 37.3 Å². The second-order valence-electron chi connectivity index (χ2n) is 5.22. The first kappa shape index (κ1) is 17.4. The predicted octanol–water partition coefficient (Wildman–Crippen LogP) is 2.76. The number of nitrogens with one attached hydrogen (secondary N) is 2. The molecule has 0 aliphatic rings. The van der Waals surface area contributed by atoms with Crippen molar-refractivity contribution < 1.29 is 9.53 Å². The summed E-state index contributed by atoms with van der Waals surface area (Å²) in [6, 6.07) is 3.66. The molecule has 0 saturated carbocycles. The maximum Gasteiger partial charge on any atom is 0.251 e. The third-order valence-corrected chi connectivity index (χ3v) is 3.11. The number of methoxy groups -OCH3 is 1. The van der Waals surface area contributed by atoms with Crippen LogP contribution in [0.4, 0.5) is 5.82 Å². The molecule has 0 aliphatic heterocycles. The van der Waals surface area contributed by atoms with Gasteiger partial charge in [0.1, 0.15) is 5.82 Å². The molecule has 5 heteroatoms. The first-order valence-electron chi connectivity index (χ1n) is 7.63. The molecule has 0 spiro atoms. The summed E-state index contributed by atoms with van der Waals surface area (Å²) in [4.78, 5) is 16.8. The Morgan fingerprint density at radius 3 is 2.71 bits per heavy atom. The molecule has 2 N–H and O–H groups in total. The molecule has 1 rings (SSSR count). The Kier molecular flexibility index (Phi) is 7.75. The average molecular weight is 293 g/mol. The zero-order chi connectivity index (χ0) is 15.7. The Balaban J connectivity index is 2.78. The van der Waals surface area contributed by atoms with Crippen molar-refractivity contribution in [2.24, 2.45) is 0 Å². The maximum atomic E-state index is 12.4. The van der Waals surface area contributed by atoms with Crippen LogP contribution < -0.4 is 10.6 Å². The number of aryl methyl sites for hydroxylation is 1. The Hall–Kier alpha value is -1.62. The van der Waals surface area contributed by atoms with Gasteiger partial charge in [0.2, 0.25) is 0 Å². The Morgan fingerprint density at radius 2 is 2.10 bits per heavy atom. The summed E-state index contributed by atoms with van der Waals surface area (Å²) in [7, 11) is 1.65. The Morgan fingerprint density at radius 1 is 1.33 bits per heavy atom. The van der Waals surface area contributed by atoms with Crippen molar-refractivity contribution in [1.82, 2.24) is 10.3 Å². The molecule has 118 valence electrons. The van der Waals surface area contributed by atoms with Crippen LogP contribution >= 0.6 is 0 Å². The molecule has 0 saturated heterocycles. The minimum Gasteiger partial charge on any atom is -0.383 e. The fourth-order valence-corrected chi connectivity index (χ4v) is 2.16. The van der Waals surface area contributed by atoms with Crippen molar-refractivity contribution >= 4 is 11.7 Å². The van der Waals surface area contributed by atoms with Crippen LogP contribution in [-0.4, -0.2) is 37.2 Å². The second-order valence-corrected chi connectivity index (χ2v) is 5.22. The highest BCUT2D eigenvalue weighted by molar-refractivity contribution is 5.95. The number of ether oxygens (including phenoxy) is 1. The topological polar surface area (TPSA) is 63.2 Å². The van der Waals surface area contributed by atoms with Gasteiger partial charge in [-0.05, 0) is 31.9 Å². The highest BCUT2D eigenvalue weighted by Gasteiger charge is 2.14. The van der Waals surface area contributed by atoms with Crippen LogP contribution in [0.2, 0.25) is 0 Å². The molecule has 1 amide bonds. The molecule has 1 aromatic heterocycles. The van der Waals surface area contributed by atoms with Gasteiger partial charge in [-0.3, -0.25) is 4.79 Å². The molecule has 0 aliphatic carbocycles. The third-order valence-electron chi connectivity index (χ3n) is 3.11. The zero-order valence-corrected chi connectivity index (χ0v) is 13.5. The minimum atomic E-state index is -0.0736. The molecule has 1 atom stereocenters. The Bertz CT molecular complexity index is 443. The first-order valence-corrected chi connectivity index (χ1v) is 7.63. The van der Waals surface area contributed by atoms with E-state index in [-0.39, 0.29) is 11.9 Å². The summed E-state index contributed by atoms with van der Waals surface area (Å²) >= 11 is 0. The lowest BCUT2D eigenvalue weighted by Gasteiger charge is -2.17. The first-order chi connectivity index (χ1) is 10.1. The van der Waals surface area contributed by atoms with Gasteiger partial charge in [0.05, 0.1) is 12.6 Å². The third kappa shape index (κ3) is 6.12. The summed E-state index contributed by atoms with van der Waals surface area (Å²) in [6.07, 6.45) is 2.93. The fraction of sp³-hybridized carbons (Fsp3) is 0.625. The largest absolute Gasteiger partial charge is 0.383 e. The van der Waals surface area contributed by atoms with E-state index < -0.39 is 0 Å². The van der Waals surface area contributed by atoms with Crippen molar-refractivity contribution in [3.05, 3.63) is 23.4 Å². The summed E-state index contributed by atoms with van der Waals surface area (Å²) in [5.74, 6) is 0.677. The summed E-state index contributed by atoms with van der Waals surface area (Å²) < 4.78 is 5.15. The molecule has 1 unspecified atom stereocenters. The van der Waals surface area contributed by atoms with Gasteiger partial charge in [-0.1, -0.05) is 20.3 Å². The number of carbonyl (C=O) groups excluding carboxylic acids is 1. The lowest BCUT2D eigenvalue weighted by molar-refractivity contribution is 0.0891. The van der Waals surface area contributed by atoms with Crippen LogP contribution in [0.3, 0.4) is 0 Å². The summed E-state index contributed by atoms with van der Waals surface area (Å²) in [5.41, 5.74) is 1.47. The number of anilines is 1. The number of amides is 1. The molecule has 21 heavy (non-hydrogen) atoms. The van der Waals surface area contributed by atoms with E-state index in [9.17, 15) is 4.79 Å². The molecule has 0 radical (unpaired) electrons. The molecule has 0 aromatic carbocycles. The van der Waals surface area contributed by atoms with Crippen molar-refractivity contribution in [2.45, 2.75) is 46.1 Å². The van der Waals surface area contributed by atoms with Crippen molar-refractivity contribution in [3.63, 3.8) is 0 Å². The van der Waals surface area contributed by atoms with Gasteiger partial charge in [0, 0.05) is 24.9 Å². The minimum absolute atomic E-state index is 0.0491. The molecule has 1 heterocycles. The molecular formula is C16H27N3O2. The van der Waals surface area contributed by atoms with E-state index in [4.69, 9.17) is 4.74 Å². The number of hydrogen-bond acceptors (Lipinski definition) is 4. The van der Waals surface area contributed by atoms with Crippen LogP contribution in [0, 0.1) is 6.92 Å². The van der Waals surface area contributed by atoms with Gasteiger partial charge in [0.15, 0.2) is 0 Å². The number of nitrogens with zero attached hydrogens (tertiary/aromatic N) is 1. The summed E-state index contributed by atoms with van der Waals surface area (Å²) in [5, 5.41) is 6.24. The fourth-order valence-electron chi connectivity index (χ4n) is 2.16. The molecular weight excluding hydrogens is 266 g/mol. The van der Waals surface area contributed by atoms with Gasteiger partial charge in [-0.15, -0.1) is 0 Å². The summed E-state index contributed by atoms with van der Waals surface area (Å²) in [6.45, 7) is 7.46. The molecule has 0 bridgehead atoms.